The van der Waals surface area contributed by atoms with Gasteiger partial charge in [-0.3, -0.25) is 9.79 Å². The Labute approximate surface area is 195 Å². The molecule has 0 aromatic heterocycles. The van der Waals surface area contributed by atoms with Crippen LogP contribution in [0.5, 0.6) is 0 Å². The van der Waals surface area contributed by atoms with Gasteiger partial charge in [-0.25, -0.2) is 4.39 Å². The predicted molar refractivity (Wildman–Crippen MR) is 134 cm³/mol. The first-order chi connectivity index (χ1) is 15.2. The lowest BCUT2D eigenvalue weighted by atomic mass is 10.0. The SMILES string of the molecule is C=C/C(=C(\C=C/C)OCC1=NC(C)(CCNc2cc(F)ccc2C)CS1)C(C)C.O=CO. The number of hydrogen-bond donors (Lipinski definition) is 2. The minimum atomic E-state index is -0.250. The van der Waals surface area contributed by atoms with Crippen LogP contribution < -0.4 is 5.32 Å². The molecule has 0 fully saturated rings. The van der Waals surface area contributed by atoms with Gasteiger partial charge in [-0.05, 0) is 62.5 Å². The molecule has 176 valence electrons. The number of thioether (sulfide) groups is 1. The van der Waals surface area contributed by atoms with E-state index in [0.29, 0.717) is 12.5 Å². The number of carboxylic acid groups (broad SMARTS) is 1. The monoisotopic (exact) mass is 462 g/mol. The quantitative estimate of drug-likeness (QED) is 0.245. The summed E-state index contributed by atoms with van der Waals surface area (Å²) >= 11 is 1.75. The molecule has 5 nitrogen and oxygen atoms in total. The first-order valence-electron chi connectivity index (χ1n) is 10.6. The van der Waals surface area contributed by atoms with Crippen LogP contribution in [-0.2, 0) is 9.53 Å². The summed E-state index contributed by atoms with van der Waals surface area (Å²) in [7, 11) is 0. The number of ether oxygens (including phenoxy) is 1. The summed E-state index contributed by atoms with van der Waals surface area (Å²) in [5.41, 5.74) is 2.85. The summed E-state index contributed by atoms with van der Waals surface area (Å²) in [5.74, 6) is 1.91. The van der Waals surface area contributed by atoms with Gasteiger partial charge in [0.2, 0.25) is 0 Å². The highest BCUT2D eigenvalue weighted by Gasteiger charge is 2.30. The third-order valence-electron chi connectivity index (χ3n) is 4.92. The van der Waals surface area contributed by atoms with Crippen LogP contribution in [0, 0.1) is 18.7 Å². The molecule has 1 aromatic rings. The average molecular weight is 463 g/mol. The maximum atomic E-state index is 13.4. The minimum Gasteiger partial charge on any atom is -0.486 e. The van der Waals surface area contributed by atoms with Gasteiger partial charge in [0.15, 0.2) is 0 Å². The largest absolute Gasteiger partial charge is 0.486 e. The Morgan fingerprint density at radius 1 is 1.47 bits per heavy atom. The molecule has 1 heterocycles. The molecule has 2 N–H and O–H groups in total. The fraction of sp³-hybridized carbons (Fsp3) is 0.440. The van der Waals surface area contributed by atoms with Crippen molar-refractivity contribution in [2.24, 2.45) is 10.9 Å². The number of hydrogen-bond acceptors (Lipinski definition) is 5. The molecule has 0 saturated heterocycles. The van der Waals surface area contributed by atoms with E-state index in [1.54, 1.807) is 23.9 Å². The second kappa shape index (κ2) is 13.8. The summed E-state index contributed by atoms with van der Waals surface area (Å²) in [5, 5.41) is 11.3. The van der Waals surface area contributed by atoms with Crippen LogP contribution in [0.15, 0.2) is 59.3 Å². The third-order valence-corrected chi connectivity index (χ3v) is 6.23. The number of rotatable bonds is 10. The van der Waals surface area contributed by atoms with Crippen molar-refractivity contribution in [1.82, 2.24) is 0 Å². The molecule has 2 rings (SSSR count). The zero-order valence-electron chi connectivity index (χ0n) is 19.7. The molecule has 0 bridgehead atoms. The predicted octanol–water partition coefficient (Wildman–Crippen LogP) is 6.23. The number of benzene rings is 1. The van der Waals surface area contributed by atoms with Crippen LogP contribution in [0.4, 0.5) is 10.1 Å². The fourth-order valence-corrected chi connectivity index (χ4v) is 4.31. The van der Waals surface area contributed by atoms with E-state index in [2.05, 4.69) is 32.7 Å². The van der Waals surface area contributed by atoms with Crippen molar-refractivity contribution in [2.45, 2.75) is 46.6 Å². The molecule has 1 unspecified atom stereocenters. The highest BCUT2D eigenvalue weighted by Crippen LogP contribution is 2.31. The Morgan fingerprint density at radius 3 is 2.75 bits per heavy atom. The van der Waals surface area contributed by atoms with Crippen LogP contribution in [0.3, 0.4) is 0 Å². The molecule has 0 amide bonds. The van der Waals surface area contributed by atoms with E-state index in [0.717, 1.165) is 46.3 Å². The standard InChI is InChI=1S/C24H33FN2OS.CH2O2/c1-7-9-22(20(8-2)17(3)4)28-15-23-27-24(6,16-29-23)12-13-26-21-14-19(25)11-10-18(21)5;2-1-3/h7-11,14,17,26H,2,12-13,15-16H2,1,3-6H3;1H,(H,2,3)/b9-7-,22-20-;. The van der Waals surface area contributed by atoms with Gasteiger partial charge in [-0.15, -0.1) is 11.8 Å². The van der Waals surface area contributed by atoms with Crippen LogP contribution in [0.2, 0.25) is 0 Å². The molecule has 0 radical (unpaired) electrons. The minimum absolute atomic E-state index is 0.138. The van der Waals surface area contributed by atoms with Gasteiger partial charge in [0.05, 0.1) is 5.54 Å². The highest BCUT2D eigenvalue weighted by atomic mass is 32.2. The first-order valence-corrected chi connectivity index (χ1v) is 11.6. The lowest BCUT2D eigenvalue weighted by molar-refractivity contribution is -0.122. The number of nitrogens with one attached hydrogen (secondary N) is 1. The van der Waals surface area contributed by atoms with Crippen molar-refractivity contribution in [3.63, 3.8) is 0 Å². The van der Waals surface area contributed by atoms with Crippen LogP contribution >= 0.6 is 11.8 Å². The Kier molecular flexibility index (Phi) is 11.8. The summed E-state index contributed by atoms with van der Waals surface area (Å²) in [6, 6.07) is 4.83. The van der Waals surface area contributed by atoms with Gasteiger partial charge in [0, 0.05) is 18.0 Å². The Bertz CT molecular complexity index is 865. The Balaban J connectivity index is 0.00000161. The normalized spacial score (nSPS) is 18.5. The van der Waals surface area contributed by atoms with E-state index in [9.17, 15) is 4.39 Å². The van der Waals surface area contributed by atoms with Crippen molar-refractivity contribution >= 4 is 29.0 Å². The molecule has 0 saturated carbocycles. The lowest BCUT2D eigenvalue weighted by Gasteiger charge is -2.20. The highest BCUT2D eigenvalue weighted by molar-refractivity contribution is 8.14. The number of allylic oxidation sites excluding steroid dienone is 4. The van der Waals surface area contributed by atoms with Gasteiger partial charge < -0.3 is 15.2 Å². The van der Waals surface area contributed by atoms with Crippen LogP contribution in [0.1, 0.15) is 39.7 Å². The van der Waals surface area contributed by atoms with Crippen LogP contribution in [-0.4, -0.2) is 41.1 Å². The second-order valence-corrected chi connectivity index (χ2v) is 9.05. The molecule has 1 aliphatic heterocycles. The maximum Gasteiger partial charge on any atom is 0.290 e. The van der Waals surface area contributed by atoms with E-state index >= 15 is 0 Å². The Hall–Kier alpha value is -2.54. The number of anilines is 1. The van der Waals surface area contributed by atoms with Crippen molar-refractivity contribution in [3.8, 4) is 0 Å². The maximum absolute atomic E-state index is 13.4. The van der Waals surface area contributed by atoms with E-state index < -0.39 is 0 Å². The zero-order valence-corrected chi connectivity index (χ0v) is 20.5. The molecule has 7 heteroatoms. The summed E-state index contributed by atoms with van der Waals surface area (Å²) in [4.78, 5) is 13.3. The number of carbonyl (C=O) groups is 1. The summed E-state index contributed by atoms with van der Waals surface area (Å²) < 4.78 is 19.5. The molecule has 1 aliphatic rings. The average Bonchev–Trinajstić information content (AvgIpc) is 3.10. The number of nitrogens with zero attached hydrogens (tertiary/aromatic N) is 1. The molecular weight excluding hydrogens is 427 g/mol. The summed E-state index contributed by atoms with van der Waals surface area (Å²) in [6.45, 7) is 15.3. The fourth-order valence-electron chi connectivity index (χ4n) is 3.20. The van der Waals surface area contributed by atoms with Crippen molar-refractivity contribution in [3.05, 3.63) is 65.7 Å². The van der Waals surface area contributed by atoms with E-state index in [1.165, 1.54) is 6.07 Å². The number of aryl methyl sites for hydroxylation is 1. The van der Waals surface area contributed by atoms with Gasteiger partial charge in [0.25, 0.3) is 6.47 Å². The molecule has 0 spiro atoms. The van der Waals surface area contributed by atoms with E-state index in [-0.39, 0.29) is 17.8 Å². The smallest absolute Gasteiger partial charge is 0.290 e. The zero-order chi connectivity index (χ0) is 24.1. The number of aliphatic imine (C=N–C) groups is 1. The van der Waals surface area contributed by atoms with Crippen LogP contribution in [0.25, 0.3) is 0 Å². The molecule has 1 aromatic carbocycles. The van der Waals surface area contributed by atoms with Crippen molar-refractivity contribution in [1.29, 1.82) is 0 Å². The van der Waals surface area contributed by atoms with E-state index in [4.69, 9.17) is 19.6 Å². The van der Waals surface area contributed by atoms with Gasteiger partial charge in [-0.2, -0.15) is 0 Å². The lowest BCUT2D eigenvalue weighted by Crippen LogP contribution is -2.26. The third kappa shape index (κ3) is 8.91. The molecular formula is C25H35FN2O3S. The van der Waals surface area contributed by atoms with Crippen molar-refractivity contribution in [2.75, 3.05) is 24.2 Å². The molecule has 0 aliphatic carbocycles. The van der Waals surface area contributed by atoms with Crippen molar-refractivity contribution < 1.29 is 19.0 Å². The van der Waals surface area contributed by atoms with Gasteiger partial charge in [-0.1, -0.05) is 38.6 Å². The second-order valence-electron chi connectivity index (χ2n) is 8.00. The Morgan fingerprint density at radius 2 is 2.16 bits per heavy atom. The van der Waals surface area contributed by atoms with Gasteiger partial charge >= 0.3 is 0 Å². The molecule has 1 atom stereocenters. The number of halogens is 1. The summed E-state index contributed by atoms with van der Waals surface area (Å²) in [6.07, 6.45) is 6.71. The van der Waals surface area contributed by atoms with E-state index in [1.807, 2.05) is 32.1 Å². The molecule has 32 heavy (non-hydrogen) atoms. The van der Waals surface area contributed by atoms with Gasteiger partial charge in [0.1, 0.15) is 23.2 Å². The topological polar surface area (TPSA) is 70.9 Å². The first kappa shape index (κ1) is 27.5.